The molecular weight excluding hydrogens is 294 g/mol. The quantitative estimate of drug-likeness (QED) is 0.437. The Morgan fingerprint density at radius 2 is 2.50 bits per heavy atom. The number of hydrogen-bond donors (Lipinski definition) is 2. The average molecular weight is 310 g/mol. The van der Waals surface area contributed by atoms with Crippen molar-refractivity contribution < 1.29 is 9.84 Å². The van der Waals surface area contributed by atoms with E-state index in [4.69, 9.17) is 4.74 Å². The number of thioether (sulfide) groups is 1. The van der Waals surface area contributed by atoms with E-state index in [1.807, 2.05) is 0 Å². The predicted molar refractivity (Wildman–Crippen MR) is 70.3 cm³/mol. The van der Waals surface area contributed by atoms with E-state index in [1.165, 1.54) is 7.11 Å². The lowest BCUT2D eigenvalue weighted by molar-refractivity contribution is -0.152. The van der Waals surface area contributed by atoms with Crippen molar-refractivity contribution in [3.63, 3.8) is 0 Å². The second-order valence-corrected chi connectivity index (χ2v) is 5.26. The highest BCUT2D eigenvalue weighted by atomic mass is 79.9. The second kappa shape index (κ2) is 6.48. The summed E-state index contributed by atoms with van der Waals surface area (Å²) in [5.41, 5.74) is 0. The van der Waals surface area contributed by atoms with Gasteiger partial charge in [0, 0.05) is 20.7 Å². The molecule has 2 N–H and O–H groups in total. The van der Waals surface area contributed by atoms with Gasteiger partial charge in [0.05, 0.1) is 5.37 Å². The van der Waals surface area contributed by atoms with Gasteiger partial charge in [0.1, 0.15) is 9.64 Å². The van der Waals surface area contributed by atoms with Crippen LogP contribution in [0.5, 0.6) is 0 Å². The molecular formula is C9H16BrN3O2S. The maximum Gasteiger partial charge on any atom is 0.237 e. The zero-order valence-corrected chi connectivity index (χ0v) is 11.7. The highest BCUT2D eigenvalue weighted by Gasteiger charge is 2.27. The second-order valence-electron chi connectivity index (χ2n) is 3.28. The van der Waals surface area contributed by atoms with E-state index in [-0.39, 0.29) is 5.37 Å². The molecule has 0 aromatic rings. The van der Waals surface area contributed by atoms with E-state index in [0.717, 1.165) is 22.6 Å². The van der Waals surface area contributed by atoms with E-state index in [0.29, 0.717) is 0 Å². The summed E-state index contributed by atoms with van der Waals surface area (Å²) < 4.78 is 5.71. The first kappa shape index (κ1) is 13.8. The van der Waals surface area contributed by atoms with Crippen molar-refractivity contribution in [1.29, 1.82) is 0 Å². The van der Waals surface area contributed by atoms with Crippen LogP contribution in [0.15, 0.2) is 14.6 Å². The van der Waals surface area contributed by atoms with Gasteiger partial charge >= 0.3 is 0 Å². The Kier molecular flexibility index (Phi) is 5.60. The summed E-state index contributed by atoms with van der Waals surface area (Å²) in [4.78, 5) is 5.48. The fourth-order valence-corrected chi connectivity index (χ4v) is 3.33. The van der Waals surface area contributed by atoms with Gasteiger partial charge in [0.15, 0.2) is 0 Å². The number of hydrogen-bond acceptors (Lipinski definition) is 6. The largest absolute Gasteiger partial charge is 0.365 e. The molecule has 0 fully saturated rings. The Bertz CT molecular complexity index is 288. The Labute approximate surface area is 108 Å². The molecule has 2 atom stereocenters. The standard InChI is InChI=1S/C9H16BrN3O2S/c1-11-5-4-6-12-7(10)8(16-6)13(2)9(14)15-3/h6,9,12,14H,1,4-5H2,2-3H3. The maximum absolute atomic E-state index is 9.55. The van der Waals surface area contributed by atoms with Crippen LogP contribution in [0.2, 0.25) is 0 Å². The highest BCUT2D eigenvalue weighted by Crippen LogP contribution is 2.36. The van der Waals surface area contributed by atoms with Crippen LogP contribution in [-0.2, 0) is 4.74 Å². The van der Waals surface area contributed by atoms with Gasteiger partial charge in [0.2, 0.25) is 6.41 Å². The van der Waals surface area contributed by atoms with Gasteiger partial charge in [0.25, 0.3) is 0 Å². The van der Waals surface area contributed by atoms with Gasteiger partial charge in [-0.3, -0.25) is 0 Å². The summed E-state index contributed by atoms with van der Waals surface area (Å²) in [5.74, 6) is 0. The van der Waals surface area contributed by atoms with E-state index in [1.54, 1.807) is 23.7 Å². The molecule has 0 saturated carbocycles. The van der Waals surface area contributed by atoms with Crippen LogP contribution in [0.3, 0.4) is 0 Å². The number of aliphatic imine (C=N–C) groups is 1. The summed E-state index contributed by atoms with van der Waals surface area (Å²) in [7, 11) is 3.23. The number of rotatable bonds is 6. The van der Waals surface area contributed by atoms with Gasteiger partial charge in [-0.2, -0.15) is 0 Å². The SMILES string of the molecule is C=NCCC1NC(Br)=C(N(C)C(O)OC)S1. The third-order valence-electron chi connectivity index (χ3n) is 2.14. The van der Waals surface area contributed by atoms with Crippen molar-refractivity contribution >= 4 is 34.4 Å². The monoisotopic (exact) mass is 309 g/mol. The lowest BCUT2D eigenvalue weighted by atomic mass is 10.4. The molecule has 16 heavy (non-hydrogen) atoms. The molecule has 0 aromatic heterocycles. The van der Waals surface area contributed by atoms with Gasteiger partial charge < -0.3 is 25.1 Å². The lowest BCUT2D eigenvalue weighted by Gasteiger charge is -2.24. The third-order valence-corrected chi connectivity index (χ3v) is 4.36. The summed E-state index contributed by atoms with van der Waals surface area (Å²) in [6, 6.07) is 0. The molecule has 1 aliphatic heterocycles. The van der Waals surface area contributed by atoms with Gasteiger partial charge in [-0.15, -0.1) is 0 Å². The molecule has 0 radical (unpaired) electrons. The van der Waals surface area contributed by atoms with Gasteiger partial charge in [-0.05, 0) is 29.1 Å². The molecule has 0 aromatic carbocycles. The molecule has 0 bridgehead atoms. The minimum Gasteiger partial charge on any atom is -0.365 e. The Morgan fingerprint density at radius 3 is 3.06 bits per heavy atom. The molecule has 5 nitrogen and oxygen atoms in total. The van der Waals surface area contributed by atoms with Crippen LogP contribution in [-0.4, -0.2) is 49.2 Å². The van der Waals surface area contributed by atoms with Crippen LogP contribution in [0.25, 0.3) is 0 Å². The van der Waals surface area contributed by atoms with Crippen LogP contribution in [0, 0.1) is 0 Å². The normalized spacial score (nSPS) is 21.9. The fourth-order valence-electron chi connectivity index (χ4n) is 1.26. The van der Waals surface area contributed by atoms with E-state index >= 15 is 0 Å². The van der Waals surface area contributed by atoms with Crippen LogP contribution in [0.4, 0.5) is 0 Å². The van der Waals surface area contributed by atoms with Crippen molar-refractivity contribution in [3.05, 3.63) is 9.64 Å². The molecule has 7 heteroatoms. The summed E-state index contributed by atoms with van der Waals surface area (Å²) in [5, 5.41) is 14.0. The van der Waals surface area contributed by atoms with E-state index in [2.05, 4.69) is 33.0 Å². The Hall–Kier alpha value is -0.240. The number of aliphatic hydroxyl groups excluding tert-OH is 1. The van der Waals surface area contributed by atoms with Crippen LogP contribution >= 0.6 is 27.7 Å². The fraction of sp³-hybridized carbons (Fsp3) is 0.667. The summed E-state index contributed by atoms with van der Waals surface area (Å²) >= 11 is 5.06. The third kappa shape index (κ3) is 3.38. The van der Waals surface area contributed by atoms with Crippen molar-refractivity contribution in [2.24, 2.45) is 4.99 Å². The maximum atomic E-state index is 9.55. The number of aliphatic hydroxyl groups is 1. The molecule has 1 rings (SSSR count). The van der Waals surface area contributed by atoms with Gasteiger partial charge in [-0.25, -0.2) is 0 Å². The summed E-state index contributed by atoms with van der Waals surface area (Å²) in [6.07, 6.45) is -0.0444. The van der Waals surface area contributed by atoms with Crippen molar-refractivity contribution in [3.8, 4) is 0 Å². The summed E-state index contributed by atoms with van der Waals surface area (Å²) in [6.45, 7) is 4.17. The van der Waals surface area contributed by atoms with Crippen molar-refractivity contribution in [2.75, 3.05) is 20.7 Å². The van der Waals surface area contributed by atoms with Crippen molar-refractivity contribution in [2.45, 2.75) is 18.2 Å². The van der Waals surface area contributed by atoms with Gasteiger partial charge in [-0.1, -0.05) is 11.8 Å². The molecule has 1 heterocycles. The Balaban J connectivity index is 2.54. The first-order chi connectivity index (χ1) is 7.60. The number of halogens is 1. The Morgan fingerprint density at radius 1 is 1.81 bits per heavy atom. The van der Waals surface area contributed by atoms with E-state index in [9.17, 15) is 5.11 Å². The topological polar surface area (TPSA) is 57.1 Å². The van der Waals surface area contributed by atoms with E-state index < -0.39 is 6.41 Å². The number of nitrogens with zero attached hydrogens (tertiary/aromatic N) is 2. The first-order valence-electron chi connectivity index (χ1n) is 4.79. The minimum absolute atomic E-state index is 0.251. The molecule has 0 saturated heterocycles. The molecule has 0 amide bonds. The average Bonchev–Trinajstić information content (AvgIpc) is 2.65. The zero-order chi connectivity index (χ0) is 12.1. The van der Waals surface area contributed by atoms with Crippen LogP contribution in [0.1, 0.15) is 6.42 Å². The number of nitrogens with one attached hydrogen (secondary N) is 1. The molecule has 2 unspecified atom stereocenters. The van der Waals surface area contributed by atoms with Crippen molar-refractivity contribution in [1.82, 2.24) is 10.2 Å². The molecule has 1 aliphatic rings. The zero-order valence-electron chi connectivity index (χ0n) is 9.31. The predicted octanol–water partition coefficient (Wildman–Crippen LogP) is 1.12. The molecule has 0 aliphatic carbocycles. The van der Waals surface area contributed by atoms with Crippen LogP contribution < -0.4 is 5.32 Å². The molecule has 92 valence electrons. The minimum atomic E-state index is -0.937. The lowest BCUT2D eigenvalue weighted by Crippen LogP contribution is -2.31. The molecule has 0 spiro atoms. The number of methoxy groups -OCH3 is 1. The highest BCUT2D eigenvalue weighted by molar-refractivity contribution is 9.11. The smallest absolute Gasteiger partial charge is 0.237 e. The number of ether oxygens (including phenoxy) is 1. The first-order valence-corrected chi connectivity index (χ1v) is 6.46.